The molecular formula is C8H13IO3. The highest BCUT2D eigenvalue weighted by Crippen LogP contribution is 2.23. The maximum atomic E-state index is 10.9. The van der Waals surface area contributed by atoms with Crippen molar-refractivity contribution in [2.75, 3.05) is 0 Å². The average Bonchev–Trinajstić information content (AvgIpc) is 2.03. The third-order valence-electron chi connectivity index (χ3n) is 1.97. The lowest BCUT2D eigenvalue weighted by Crippen LogP contribution is -2.37. The van der Waals surface area contributed by atoms with Gasteiger partial charge in [0, 0.05) is 10.3 Å². The van der Waals surface area contributed by atoms with E-state index in [2.05, 4.69) is 22.6 Å². The minimum absolute atomic E-state index is 0.0248. The van der Waals surface area contributed by atoms with E-state index in [1.165, 1.54) is 0 Å². The molecule has 0 bridgehead atoms. The first-order chi connectivity index (χ1) is 5.63. The van der Waals surface area contributed by atoms with Crippen LogP contribution in [-0.4, -0.2) is 22.3 Å². The molecule has 0 aromatic heterocycles. The zero-order valence-electron chi connectivity index (χ0n) is 7.25. The number of rotatable bonds is 2. The number of alkyl halides is 1. The van der Waals surface area contributed by atoms with Crippen LogP contribution in [-0.2, 0) is 9.47 Å². The van der Waals surface area contributed by atoms with Crippen molar-refractivity contribution in [2.24, 2.45) is 0 Å². The lowest BCUT2D eigenvalue weighted by atomic mass is 10.1. The van der Waals surface area contributed by atoms with E-state index in [9.17, 15) is 4.79 Å². The van der Waals surface area contributed by atoms with Gasteiger partial charge in [0.05, 0.1) is 0 Å². The van der Waals surface area contributed by atoms with Gasteiger partial charge in [-0.25, -0.2) is 4.79 Å². The van der Waals surface area contributed by atoms with Crippen LogP contribution in [0.3, 0.4) is 0 Å². The predicted octanol–water partition coefficient (Wildman–Crippen LogP) is 2.51. The van der Waals surface area contributed by atoms with Gasteiger partial charge in [-0.05, 0) is 13.3 Å². The van der Waals surface area contributed by atoms with E-state index in [1.807, 2.05) is 13.8 Å². The van der Waals surface area contributed by atoms with Gasteiger partial charge in [0.2, 0.25) is 0 Å². The molecule has 1 saturated heterocycles. The molecule has 70 valence electrons. The van der Waals surface area contributed by atoms with E-state index in [0.29, 0.717) is 3.92 Å². The van der Waals surface area contributed by atoms with Crippen LogP contribution in [0, 0.1) is 0 Å². The maximum Gasteiger partial charge on any atom is 0.508 e. The Morgan fingerprint density at radius 1 is 1.67 bits per heavy atom. The molecule has 3 atom stereocenters. The highest BCUT2D eigenvalue weighted by Gasteiger charge is 2.31. The Kier molecular flexibility index (Phi) is 3.61. The lowest BCUT2D eigenvalue weighted by Gasteiger charge is -2.29. The van der Waals surface area contributed by atoms with Crippen molar-refractivity contribution in [3.05, 3.63) is 0 Å². The van der Waals surface area contributed by atoms with Gasteiger partial charge in [0.1, 0.15) is 12.2 Å². The van der Waals surface area contributed by atoms with Crippen LogP contribution in [0.25, 0.3) is 0 Å². The molecule has 1 heterocycles. The highest BCUT2D eigenvalue weighted by atomic mass is 127. The third kappa shape index (κ3) is 2.50. The first-order valence-electron chi connectivity index (χ1n) is 4.14. The van der Waals surface area contributed by atoms with Gasteiger partial charge in [-0.2, -0.15) is 0 Å². The SMILES string of the molecule is CC[C@H]1C[C@H]([C@@H](C)I)OC(=O)O1. The second-order valence-corrected chi connectivity index (χ2v) is 4.93. The summed E-state index contributed by atoms with van der Waals surface area (Å²) in [6, 6.07) is 0. The zero-order chi connectivity index (χ0) is 9.14. The average molecular weight is 284 g/mol. The number of hydrogen-bond acceptors (Lipinski definition) is 3. The van der Waals surface area contributed by atoms with Crippen LogP contribution in [0.5, 0.6) is 0 Å². The standard InChI is InChI=1S/C8H13IO3/c1-3-6-4-7(5(2)9)12-8(10)11-6/h5-7H,3-4H2,1-2H3/t5-,6+,7-/m1/s1. The predicted molar refractivity (Wildman–Crippen MR) is 53.5 cm³/mol. The van der Waals surface area contributed by atoms with Gasteiger partial charge in [0.15, 0.2) is 0 Å². The number of cyclic esters (lactones) is 2. The first-order valence-corrected chi connectivity index (χ1v) is 5.39. The van der Waals surface area contributed by atoms with Crippen LogP contribution in [0.1, 0.15) is 26.7 Å². The number of halogens is 1. The molecule has 0 unspecified atom stereocenters. The molecule has 0 aromatic carbocycles. The Bertz CT molecular complexity index is 170. The normalized spacial score (nSPS) is 32.1. The van der Waals surface area contributed by atoms with E-state index in [1.54, 1.807) is 0 Å². The van der Waals surface area contributed by atoms with Crippen LogP contribution in [0.4, 0.5) is 4.79 Å². The van der Waals surface area contributed by atoms with Gasteiger partial charge in [0.25, 0.3) is 0 Å². The van der Waals surface area contributed by atoms with Crippen LogP contribution in [0.2, 0.25) is 0 Å². The molecule has 1 rings (SSSR count). The summed E-state index contributed by atoms with van der Waals surface area (Å²) in [6.45, 7) is 4.05. The molecule has 3 nitrogen and oxygen atoms in total. The molecule has 0 aliphatic carbocycles. The van der Waals surface area contributed by atoms with Gasteiger partial charge in [-0.15, -0.1) is 0 Å². The Balaban J connectivity index is 2.51. The fraction of sp³-hybridized carbons (Fsp3) is 0.875. The van der Waals surface area contributed by atoms with Crippen molar-refractivity contribution in [3.8, 4) is 0 Å². The molecular weight excluding hydrogens is 271 g/mol. The minimum Gasteiger partial charge on any atom is -0.431 e. The van der Waals surface area contributed by atoms with Crippen molar-refractivity contribution in [3.63, 3.8) is 0 Å². The van der Waals surface area contributed by atoms with Crippen molar-refractivity contribution in [1.29, 1.82) is 0 Å². The summed E-state index contributed by atoms with van der Waals surface area (Å²) in [5, 5.41) is 0. The summed E-state index contributed by atoms with van der Waals surface area (Å²) < 4.78 is 10.3. The Hall–Kier alpha value is 0. The molecule has 1 aliphatic rings. The van der Waals surface area contributed by atoms with Crippen molar-refractivity contribution < 1.29 is 14.3 Å². The number of carbonyl (C=O) groups excluding carboxylic acids is 1. The monoisotopic (exact) mass is 284 g/mol. The van der Waals surface area contributed by atoms with Crippen molar-refractivity contribution >= 4 is 28.7 Å². The Labute approximate surface area is 85.9 Å². The van der Waals surface area contributed by atoms with E-state index in [4.69, 9.17) is 9.47 Å². The highest BCUT2D eigenvalue weighted by molar-refractivity contribution is 14.1. The number of hydrogen-bond donors (Lipinski definition) is 0. The molecule has 0 radical (unpaired) electrons. The van der Waals surface area contributed by atoms with Gasteiger partial charge in [-0.3, -0.25) is 0 Å². The van der Waals surface area contributed by atoms with Crippen LogP contribution >= 0.6 is 22.6 Å². The molecule has 0 amide bonds. The van der Waals surface area contributed by atoms with Crippen molar-refractivity contribution in [1.82, 2.24) is 0 Å². The van der Waals surface area contributed by atoms with Crippen LogP contribution in [0.15, 0.2) is 0 Å². The number of ether oxygens (including phenoxy) is 2. The van der Waals surface area contributed by atoms with Gasteiger partial charge in [-0.1, -0.05) is 29.5 Å². The summed E-state index contributed by atoms with van der Waals surface area (Å²) in [6.07, 6.45) is 1.26. The van der Waals surface area contributed by atoms with E-state index in [-0.39, 0.29) is 12.2 Å². The van der Waals surface area contributed by atoms with E-state index in [0.717, 1.165) is 12.8 Å². The molecule has 0 spiro atoms. The molecule has 0 aromatic rings. The molecule has 12 heavy (non-hydrogen) atoms. The lowest BCUT2D eigenvalue weighted by molar-refractivity contribution is -0.0582. The fourth-order valence-electron chi connectivity index (χ4n) is 1.17. The fourth-order valence-corrected chi connectivity index (χ4v) is 1.61. The molecule has 4 heteroatoms. The van der Waals surface area contributed by atoms with Crippen molar-refractivity contribution in [2.45, 2.75) is 42.8 Å². The number of carbonyl (C=O) groups is 1. The quantitative estimate of drug-likeness (QED) is 0.444. The second-order valence-electron chi connectivity index (χ2n) is 2.97. The summed E-state index contributed by atoms with van der Waals surface area (Å²) in [5.74, 6) is 0. The van der Waals surface area contributed by atoms with Gasteiger partial charge >= 0.3 is 6.16 Å². The first kappa shape index (κ1) is 10.1. The summed E-state index contributed by atoms with van der Waals surface area (Å²) >= 11 is 2.27. The van der Waals surface area contributed by atoms with Gasteiger partial charge < -0.3 is 9.47 Å². The van der Waals surface area contributed by atoms with Crippen LogP contribution < -0.4 is 0 Å². The molecule has 0 N–H and O–H groups in total. The summed E-state index contributed by atoms with van der Waals surface area (Å²) in [7, 11) is 0. The summed E-state index contributed by atoms with van der Waals surface area (Å²) in [4.78, 5) is 10.9. The second kappa shape index (κ2) is 4.30. The maximum absolute atomic E-state index is 10.9. The summed E-state index contributed by atoms with van der Waals surface area (Å²) in [5.41, 5.74) is 0. The topological polar surface area (TPSA) is 35.5 Å². The Morgan fingerprint density at radius 3 is 2.83 bits per heavy atom. The molecule has 0 saturated carbocycles. The Morgan fingerprint density at radius 2 is 2.33 bits per heavy atom. The van der Waals surface area contributed by atoms with E-state index >= 15 is 0 Å². The largest absolute Gasteiger partial charge is 0.508 e. The zero-order valence-corrected chi connectivity index (χ0v) is 9.41. The third-order valence-corrected chi connectivity index (χ3v) is 2.78. The molecule has 1 aliphatic heterocycles. The van der Waals surface area contributed by atoms with E-state index < -0.39 is 6.16 Å². The molecule has 1 fully saturated rings. The minimum atomic E-state index is -0.512. The smallest absolute Gasteiger partial charge is 0.431 e.